The maximum absolute atomic E-state index is 11.7. The van der Waals surface area contributed by atoms with Gasteiger partial charge >= 0.3 is 0 Å². The highest BCUT2D eigenvalue weighted by Crippen LogP contribution is 2.19. The number of aromatic nitrogens is 3. The van der Waals surface area contributed by atoms with E-state index < -0.39 is 0 Å². The molecular formula is C11H17ClN4O. The second-order valence-corrected chi connectivity index (χ2v) is 4.82. The standard InChI is InChI=1S/C11H17ClN4O/c1-7(6-12)11(17)13-8(2)10-15-14-9-4-3-5-16(9)10/h7-8H,3-6H2,1-2H3,(H,13,17). The molecule has 0 saturated carbocycles. The maximum atomic E-state index is 11.7. The first-order valence-electron chi connectivity index (χ1n) is 5.91. The van der Waals surface area contributed by atoms with Crippen LogP contribution in [0.5, 0.6) is 0 Å². The lowest BCUT2D eigenvalue weighted by Crippen LogP contribution is -2.33. The molecule has 1 aliphatic heterocycles. The van der Waals surface area contributed by atoms with Crippen molar-refractivity contribution >= 4 is 17.5 Å². The molecule has 2 unspecified atom stereocenters. The molecule has 2 rings (SSSR count). The van der Waals surface area contributed by atoms with E-state index in [0.717, 1.165) is 31.0 Å². The summed E-state index contributed by atoms with van der Waals surface area (Å²) < 4.78 is 2.09. The fourth-order valence-electron chi connectivity index (χ4n) is 1.98. The average Bonchev–Trinajstić information content (AvgIpc) is 2.88. The Morgan fingerprint density at radius 3 is 3.00 bits per heavy atom. The van der Waals surface area contributed by atoms with E-state index in [2.05, 4.69) is 20.1 Å². The third-order valence-corrected chi connectivity index (χ3v) is 3.53. The largest absolute Gasteiger partial charge is 0.346 e. The lowest BCUT2D eigenvalue weighted by molar-refractivity contribution is -0.124. The molecule has 94 valence electrons. The van der Waals surface area contributed by atoms with E-state index in [1.54, 1.807) is 0 Å². The van der Waals surface area contributed by atoms with Crippen molar-refractivity contribution in [2.24, 2.45) is 5.92 Å². The van der Waals surface area contributed by atoms with Gasteiger partial charge in [0.1, 0.15) is 5.82 Å². The second-order valence-electron chi connectivity index (χ2n) is 4.52. The fourth-order valence-corrected chi connectivity index (χ4v) is 2.12. The topological polar surface area (TPSA) is 59.8 Å². The predicted octanol–water partition coefficient (Wildman–Crippen LogP) is 1.28. The highest BCUT2D eigenvalue weighted by Gasteiger charge is 2.23. The van der Waals surface area contributed by atoms with E-state index in [1.165, 1.54) is 0 Å². The van der Waals surface area contributed by atoms with Crippen LogP contribution in [0.4, 0.5) is 0 Å². The molecule has 5 nitrogen and oxygen atoms in total. The van der Waals surface area contributed by atoms with E-state index in [4.69, 9.17) is 11.6 Å². The van der Waals surface area contributed by atoms with Crippen molar-refractivity contribution in [1.82, 2.24) is 20.1 Å². The first kappa shape index (κ1) is 12.4. The van der Waals surface area contributed by atoms with Gasteiger partial charge in [0.2, 0.25) is 5.91 Å². The Labute approximate surface area is 106 Å². The van der Waals surface area contributed by atoms with Crippen molar-refractivity contribution < 1.29 is 4.79 Å². The van der Waals surface area contributed by atoms with Gasteiger partial charge in [0.15, 0.2) is 5.82 Å². The molecule has 0 aliphatic carbocycles. The van der Waals surface area contributed by atoms with Crippen LogP contribution in [0.2, 0.25) is 0 Å². The number of fused-ring (bicyclic) bond motifs is 1. The Morgan fingerprint density at radius 2 is 2.29 bits per heavy atom. The Balaban J connectivity index is 2.05. The first-order chi connectivity index (χ1) is 8.13. The molecule has 6 heteroatoms. The number of hydrogen-bond acceptors (Lipinski definition) is 3. The minimum absolute atomic E-state index is 0.0390. The van der Waals surface area contributed by atoms with Gasteiger partial charge in [-0.05, 0) is 13.3 Å². The number of carbonyl (C=O) groups is 1. The van der Waals surface area contributed by atoms with Gasteiger partial charge in [-0.2, -0.15) is 0 Å². The molecule has 1 aromatic rings. The molecule has 0 spiro atoms. The minimum Gasteiger partial charge on any atom is -0.346 e. The molecule has 0 radical (unpaired) electrons. The molecule has 17 heavy (non-hydrogen) atoms. The maximum Gasteiger partial charge on any atom is 0.224 e. The zero-order chi connectivity index (χ0) is 12.4. The zero-order valence-electron chi connectivity index (χ0n) is 10.1. The molecule has 0 saturated heterocycles. The summed E-state index contributed by atoms with van der Waals surface area (Å²) in [5, 5.41) is 11.2. The van der Waals surface area contributed by atoms with Crippen LogP contribution in [0, 0.1) is 5.92 Å². The number of halogens is 1. The summed E-state index contributed by atoms with van der Waals surface area (Å²) in [6.07, 6.45) is 2.09. The van der Waals surface area contributed by atoms with Crippen LogP contribution in [0.15, 0.2) is 0 Å². The van der Waals surface area contributed by atoms with E-state index >= 15 is 0 Å². The highest BCUT2D eigenvalue weighted by atomic mass is 35.5. The van der Waals surface area contributed by atoms with Crippen molar-refractivity contribution in [3.05, 3.63) is 11.6 Å². The first-order valence-corrected chi connectivity index (χ1v) is 6.45. The van der Waals surface area contributed by atoms with E-state index in [0.29, 0.717) is 5.88 Å². The van der Waals surface area contributed by atoms with Crippen molar-refractivity contribution in [2.45, 2.75) is 39.3 Å². The van der Waals surface area contributed by atoms with Gasteiger partial charge in [0.05, 0.1) is 6.04 Å². The summed E-state index contributed by atoms with van der Waals surface area (Å²) in [5.74, 6) is 1.97. The number of amides is 1. The molecule has 0 bridgehead atoms. The van der Waals surface area contributed by atoms with Gasteiger partial charge in [-0.3, -0.25) is 4.79 Å². The SMILES string of the molecule is CC(CCl)C(=O)NC(C)c1nnc2n1CCC2. The number of nitrogens with one attached hydrogen (secondary N) is 1. The number of nitrogens with zero attached hydrogens (tertiary/aromatic N) is 3. The van der Waals surface area contributed by atoms with Crippen molar-refractivity contribution in [2.75, 3.05) is 5.88 Å². The van der Waals surface area contributed by atoms with Gasteiger partial charge in [0.25, 0.3) is 0 Å². The molecular weight excluding hydrogens is 240 g/mol. The molecule has 0 fully saturated rings. The molecule has 1 aromatic heterocycles. The van der Waals surface area contributed by atoms with Crippen LogP contribution in [0.3, 0.4) is 0 Å². The Bertz CT molecular complexity index is 418. The van der Waals surface area contributed by atoms with Crippen LogP contribution in [-0.4, -0.2) is 26.6 Å². The van der Waals surface area contributed by atoms with Crippen molar-refractivity contribution in [1.29, 1.82) is 0 Å². The molecule has 0 aromatic carbocycles. The smallest absolute Gasteiger partial charge is 0.224 e. The summed E-state index contributed by atoms with van der Waals surface area (Å²) in [6, 6.07) is -0.118. The summed E-state index contributed by atoms with van der Waals surface area (Å²) in [4.78, 5) is 11.7. The van der Waals surface area contributed by atoms with Crippen LogP contribution in [0.25, 0.3) is 0 Å². The van der Waals surface area contributed by atoms with Gasteiger partial charge in [0, 0.05) is 24.8 Å². The normalized spacial score (nSPS) is 17.6. The molecule has 1 amide bonds. The van der Waals surface area contributed by atoms with Gasteiger partial charge in [-0.1, -0.05) is 6.92 Å². The van der Waals surface area contributed by atoms with Crippen LogP contribution in [-0.2, 0) is 17.8 Å². The Morgan fingerprint density at radius 1 is 1.53 bits per heavy atom. The number of alkyl halides is 1. The minimum atomic E-state index is -0.180. The molecule has 2 heterocycles. The predicted molar refractivity (Wildman–Crippen MR) is 64.8 cm³/mol. The lowest BCUT2D eigenvalue weighted by atomic mass is 10.2. The summed E-state index contributed by atoms with van der Waals surface area (Å²) >= 11 is 5.65. The molecule has 1 N–H and O–H groups in total. The van der Waals surface area contributed by atoms with Crippen molar-refractivity contribution in [3.63, 3.8) is 0 Å². The lowest BCUT2D eigenvalue weighted by Gasteiger charge is -2.16. The van der Waals surface area contributed by atoms with Crippen LogP contribution < -0.4 is 5.32 Å². The molecule has 2 atom stereocenters. The number of aryl methyl sites for hydroxylation is 1. The summed E-state index contributed by atoms with van der Waals surface area (Å²) in [7, 11) is 0. The highest BCUT2D eigenvalue weighted by molar-refractivity contribution is 6.19. The van der Waals surface area contributed by atoms with E-state index in [-0.39, 0.29) is 17.9 Å². The van der Waals surface area contributed by atoms with Gasteiger partial charge in [-0.15, -0.1) is 21.8 Å². The summed E-state index contributed by atoms with van der Waals surface area (Å²) in [6.45, 7) is 4.68. The number of carbonyl (C=O) groups excluding carboxylic acids is 1. The van der Waals surface area contributed by atoms with E-state index in [9.17, 15) is 4.79 Å². The monoisotopic (exact) mass is 256 g/mol. The van der Waals surface area contributed by atoms with E-state index in [1.807, 2.05) is 13.8 Å². The van der Waals surface area contributed by atoms with Crippen molar-refractivity contribution in [3.8, 4) is 0 Å². The van der Waals surface area contributed by atoms with Crippen LogP contribution >= 0.6 is 11.6 Å². The third-order valence-electron chi connectivity index (χ3n) is 3.06. The number of hydrogen-bond donors (Lipinski definition) is 1. The molecule has 1 aliphatic rings. The average molecular weight is 257 g/mol. The Hall–Kier alpha value is -1.10. The second kappa shape index (κ2) is 5.04. The Kier molecular flexibility index (Phi) is 3.66. The van der Waals surface area contributed by atoms with Crippen LogP contribution in [0.1, 0.15) is 38.0 Å². The quantitative estimate of drug-likeness (QED) is 0.826. The van der Waals surface area contributed by atoms with Gasteiger partial charge < -0.3 is 9.88 Å². The third kappa shape index (κ3) is 2.44. The zero-order valence-corrected chi connectivity index (χ0v) is 10.9. The summed E-state index contributed by atoms with van der Waals surface area (Å²) in [5.41, 5.74) is 0. The number of rotatable bonds is 4. The fraction of sp³-hybridized carbons (Fsp3) is 0.727. The van der Waals surface area contributed by atoms with Gasteiger partial charge in [-0.25, -0.2) is 0 Å².